The van der Waals surface area contributed by atoms with Crippen molar-refractivity contribution >= 4 is 42.6 Å². The van der Waals surface area contributed by atoms with E-state index in [9.17, 15) is 26.7 Å². The van der Waals surface area contributed by atoms with Crippen molar-refractivity contribution in [3.8, 4) is 17.6 Å². The number of likely N-dealkylation sites (tertiary alicyclic amines) is 1. The Morgan fingerprint density at radius 1 is 1.20 bits per heavy atom. The van der Waals surface area contributed by atoms with Gasteiger partial charge < -0.3 is 30.7 Å². The fourth-order valence-electron chi connectivity index (χ4n) is 5.03. The van der Waals surface area contributed by atoms with Gasteiger partial charge >= 0.3 is 6.18 Å². The number of thiophene rings is 1. The zero-order valence-corrected chi connectivity index (χ0v) is 26.0. The highest BCUT2D eigenvalue weighted by molar-refractivity contribution is 7.90. The Hall–Kier alpha value is -3.13. The molecule has 0 bridgehead atoms. The minimum atomic E-state index is -4.50. The van der Waals surface area contributed by atoms with E-state index >= 15 is 4.39 Å². The van der Waals surface area contributed by atoms with Gasteiger partial charge in [-0.3, -0.25) is 4.90 Å². The van der Waals surface area contributed by atoms with Crippen molar-refractivity contribution in [2.24, 2.45) is 0 Å². The van der Waals surface area contributed by atoms with Crippen molar-refractivity contribution in [2.75, 3.05) is 62.9 Å². The zero-order valence-electron chi connectivity index (χ0n) is 24.4. The molecule has 0 saturated carbocycles. The molecule has 5 N–H and O–H groups in total. The number of rotatable bonds is 12. The van der Waals surface area contributed by atoms with Crippen LogP contribution in [0.15, 0.2) is 41.3 Å². The Balaban J connectivity index is 1.56. The van der Waals surface area contributed by atoms with Crippen molar-refractivity contribution in [1.82, 2.24) is 4.90 Å². The highest BCUT2D eigenvalue weighted by Crippen LogP contribution is 2.39. The van der Waals surface area contributed by atoms with Gasteiger partial charge in [-0.2, -0.15) is 13.2 Å². The summed E-state index contributed by atoms with van der Waals surface area (Å²) in [6.45, 7) is -0.148. The number of benzene rings is 2. The largest absolute Gasteiger partial charge is 0.489 e. The molecule has 45 heavy (non-hydrogen) atoms. The van der Waals surface area contributed by atoms with E-state index < -0.39 is 47.4 Å². The van der Waals surface area contributed by atoms with E-state index in [0.717, 1.165) is 17.6 Å². The lowest BCUT2D eigenvalue weighted by molar-refractivity contribution is -0.126. The number of hydrogen-bond donors (Lipinski definition) is 5. The molecule has 2 aromatic carbocycles. The SMILES string of the molecule is CS(=O)(=O)c1ccc(NCC#Cc2sc3c(NC4CCN(CC(O)CO)CC4F)cccc3c2CC(F)(F)F)c(OCCO)c1. The van der Waals surface area contributed by atoms with Crippen LogP contribution in [0.3, 0.4) is 0 Å². The van der Waals surface area contributed by atoms with Crippen LogP contribution < -0.4 is 15.4 Å². The smallest absolute Gasteiger partial charge is 0.393 e. The number of aliphatic hydroxyl groups is 3. The molecule has 1 aliphatic rings. The Morgan fingerprint density at radius 3 is 2.64 bits per heavy atom. The average molecular weight is 674 g/mol. The highest BCUT2D eigenvalue weighted by atomic mass is 32.2. The van der Waals surface area contributed by atoms with E-state index in [1.54, 1.807) is 23.1 Å². The normalized spacial score (nSPS) is 18.3. The molecule has 0 radical (unpaired) electrons. The van der Waals surface area contributed by atoms with Crippen LogP contribution in [0.4, 0.5) is 28.9 Å². The van der Waals surface area contributed by atoms with E-state index in [-0.39, 0.29) is 53.9 Å². The minimum absolute atomic E-state index is 0.00833. The van der Waals surface area contributed by atoms with E-state index in [1.165, 1.54) is 18.2 Å². The molecule has 246 valence electrons. The second-order valence-corrected chi connectivity index (χ2v) is 13.7. The van der Waals surface area contributed by atoms with Crippen LogP contribution in [0, 0.1) is 11.8 Å². The number of hydrogen-bond acceptors (Lipinski definition) is 10. The first-order valence-electron chi connectivity index (χ1n) is 14.1. The number of nitrogens with zero attached hydrogens (tertiary/aromatic N) is 1. The van der Waals surface area contributed by atoms with Gasteiger partial charge in [0.1, 0.15) is 18.5 Å². The fourth-order valence-corrected chi connectivity index (χ4v) is 6.84. The summed E-state index contributed by atoms with van der Waals surface area (Å²) in [5, 5.41) is 34.4. The number of piperidine rings is 1. The van der Waals surface area contributed by atoms with E-state index in [1.807, 2.05) is 0 Å². The standard InChI is InChI=1S/C30H35F4N3O6S2/c1-45(41,42)20-7-8-25(27(14-20)43-13-12-38)35-10-3-6-28-22(15-30(32,33)34)21-4-2-5-26(29(21)44-28)36-24-9-11-37(17-23(24)31)16-19(40)18-39/h2,4-5,7-8,14,19,23-24,35-36,38-40H,9-13,15-18H2,1H3. The molecule has 0 aliphatic carbocycles. The zero-order chi connectivity index (χ0) is 32.8. The van der Waals surface area contributed by atoms with Crippen LogP contribution >= 0.6 is 11.3 Å². The second-order valence-electron chi connectivity index (χ2n) is 10.7. The second kappa shape index (κ2) is 15.0. The summed E-state index contributed by atoms with van der Waals surface area (Å²) in [5.41, 5.74) is 0.911. The number of sulfone groups is 1. The first-order valence-corrected chi connectivity index (χ1v) is 16.8. The molecule has 2 heterocycles. The van der Waals surface area contributed by atoms with Gasteiger partial charge in [0.25, 0.3) is 0 Å². The molecule has 3 aromatic rings. The predicted molar refractivity (Wildman–Crippen MR) is 166 cm³/mol. The first-order chi connectivity index (χ1) is 21.3. The third-order valence-electron chi connectivity index (χ3n) is 7.14. The number of aliphatic hydroxyl groups excluding tert-OH is 3. The number of β-amino-alcohol motifs (C(OH)–C–C–N with tert-alkyl or cyclic N) is 1. The topological polar surface area (TPSA) is 131 Å². The summed E-state index contributed by atoms with van der Waals surface area (Å²) in [5.74, 6) is 5.84. The van der Waals surface area contributed by atoms with Gasteiger partial charge in [-0.25, -0.2) is 12.8 Å². The maximum atomic E-state index is 15.1. The molecule has 1 aliphatic heterocycles. The molecule has 3 atom stereocenters. The molecule has 1 aromatic heterocycles. The summed E-state index contributed by atoms with van der Waals surface area (Å²) in [4.78, 5) is 1.95. The van der Waals surface area contributed by atoms with Crippen molar-refractivity contribution in [2.45, 2.75) is 42.2 Å². The first kappa shape index (κ1) is 34.7. The number of halogens is 4. The Bertz CT molecular complexity index is 1640. The summed E-state index contributed by atoms with van der Waals surface area (Å²) >= 11 is 1.08. The Morgan fingerprint density at radius 2 is 1.98 bits per heavy atom. The molecule has 15 heteroatoms. The highest BCUT2D eigenvalue weighted by Gasteiger charge is 2.33. The summed E-state index contributed by atoms with van der Waals surface area (Å²) in [7, 11) is -3.52. The van der Waals surface area contributed by atoms with E-state index in [4.69, 9.17) is 14.9 Å². The minimum Gasteiger partial charge on any atom is -0.489 e. The van der Waals surface area contributed by atoms with Gasteiger partial charge in [0, 0.05) is 32.0 Å². The molecule has 0 spiro atoms. The van der Waals surface area contributed by atoms with Crippen LogP contribution in [0.25, 0.3) is 10.1 Å². The Labute approximate surface area is 262 Å². The molecule has 3 unspecified atom stereocenters. The molecule has 4 rings (SSSR count). The summed E-state index contributed by atoms with van der Waals surface area (Å²) < 4.78 is 85.9. The van der Waals surface area contributed by atoms with Crippen LogP contribution in [-0.2, 0) is 16.3 Å². The van der Waals surface area contributed by atoms with Crippen molar-refractivity contribution in [3.63, 3.8) is 0 Å². The molecule has 9 nitrogen and oxygen atoms in total. The number of alkyl halides is 4. The van der Waals surface area contributed by atoms with Crippen molar-refractivity contribution in [3.05, 3.63) is 46.8 Å². The van der Waals surface area contributed by atoms with Crippen LogP contribution in [-0.4, -0.2) is 105 Å². The lowest BCUT2D eigenvalue weighted by atomic mass is 10.0. The van der Waals surface area contributed by atoms with Crippen molar-refractivity contribution in [1.29, 1.82) is 0 Å². The van der Waals surface area contributed by atoms with Crippen LogP contribution in [0.5, 0.6) is 5.75 Å². The quantitative estimate of drug-likeness (QED) is 0.145. The van der Waals surface area contributed by atoms with Gasteiger partial charge in [-0.15, -0.1) is 11.3 Å². The van der Waals surface area contributed by atoms with E-state index in [2.05, 4.69) is 22.5 Å². The van der Waals surface area contributed by atoms with Gasteiger partial charge in [0.2, 0.25) is 0 Å². The average Bonchev–Trinajstić information content (AvgIpc) is 3.31. The van der Waals surface area contributed by atoms with Gasteiger partial charge in [-0.05, 0) is 35.6 Å². The Kier molecular flexibility index (Phi) is 11.6. The molecule has 1 saturated heterocycles. The summed E-state index contributed by atoms with van der Waals surface area (Å²) in [6, 6.07) is 8.47. The lowest BCUT2D eigenvalue weighted by Gasteiger charge is -2.36. The van der Waals surface area contributed by atoms with E-state index in [0.29, 0.717) is 34.4 Å². The number of fused-ring (bicyclic) bond motifs is 1. The van der Waals surface area contributed by atoms with Gasteiger partial charge in [-0.1, -0.05) is 24.0 Å². The number of ether oxygens (including phenoxy) is 1. The predicted octanol–water partition coefficient (Wildman–Crippen LogP) is 3.42. The maximum absolute atomic E-state index is 15.1. The third-order valence-corrected chi connectivity index (χ3v) is 9.45. The monoisotopic (exact) mass is 673 g/mol. The molecule has 0 amide bonds. The maximum Gasteiger partial charge on any atom is 0.393 e. The molecular weight excluding hydrogens is 638 g/mol. The van der Waals surface area contributed by atoms with Crippen LogP contribution in [0.1, 0.15) is 16.9 Å². The van der Waals surface area contributed by atoms with Gasteiger partial charge in [0.05, 0.1) is 64.2 Å². The van der Waals surface area contributed by atoms with Crippen molar-refractivity contribution < 1.29 is 46.0 Å². The molecule has 1 fully saturated rings. The fraction of sp³-hybridized carbons (Fsp3) is 0.467. The third kappa shape index (κ3) is 9.44. The lowest BCUT2D eigenvalue weighted by Crippen LogP contribution is -2.50. The molecular formula is C30H35F4N3O6S2. The number of anilines is 2. The van der Waals surface area contributed by atoms with Crippen LogP contribution in [0.2, 0.25) is 0 Å². The van der Waals surface area contributed by atoms with Gasteiger partial charge in [0.15, 0.2) is 9.84 Å². The number of nitrogens with one attached hydrogen (secondary N) is 2. The summed E-state index contributed by atoms with van der Waals surface area (Å²) in [6.07, 6.45) is -6.53.